The highest BCUT2D eigenvalue weighted by Crippen LogP contribution is 2.40. The first-order valence-corrected chi connectivity index (χ1v) is 12.9. The van der Waals surface area contributed by atoms with Crippen molar-refractivity contribution in [2.24, 2.45) is 5.92 Å². The quantitative estimate of drug-likeness (QED) is 0.492. The molecule has 0 spiro atoms. The van der Waals surface area contributed by atoms with Crippen LogP contribution in [-0.2, 0) is 10.0 Å². The summed E-state index contributed by atoms with van der Waals surface area (Å²) in [5, 5.41) is 0. The number of aromatic nitrogens is 2. The summed E-state index contributed by atoms with van der Waals surface area (Å²) in [6.07, 6.45) is 2.12. The van der Waals surface area contributed by atoms with Crippen LogP contribution in [0.5, 0.6) is 5.75 Å². The molecular formula is C25H27F2N5O4S. The summed E-state index contributed by atoms with van der Waals surface area (Å²) in [5.41, 5.74) is 5.41. The Balaban J connectivity index is 1.85. The van der Waals surface area contributed by atoms with Crippen LogP contribution in [-0.4, -0.2) is 43.5 Å². The number of rotatable bonds is 6. The Bertz CT molecular complexity index is 1480. The number of nitrogens with two attached hydrogens (primary N) is 1. The minimum Gasteiger partial charge on any atom is -0.493 e. The Morgan fingerprint density at radius 3 is 2.59 bits per heavy atom. The Labute approximate surface area is 213 Å². The molecule has 196 valence electrons. The molecule has 1 atom stereocenters. The molecule has 1 saturated heterocycles. The molecular weight excluding hydrogens is 504 g/mol. The molecule has 1 unspecified atom stereocenters. The predicted octanol–water partition coefficient (Wildman–Crippen LogP) is 3.76. The molecule has 9 nitrogen and oxygen atoms in total. The van der Waals surface area contributed by atoms with Gasteiger partial charge < -0.3 is 15.4 Å². The standard InChI is InChI=1S/C25H27F2N5O4S/c1-14-9-11-32(25(14,2)3)23-16(24(33)31-37(34,35)20-6-5-10-29-22(20)28)7-8-19(30-23)17-12-15(26)13-18(27)21(17)36-4/h5-8,10,12-14H,9,11H2,1-4H3,(H2,28,29)(H,31,33). The highest BCUT2D eigenvalue weighted by molar-refractivity contribution is 7.90. The van der Waals surface area contributed by atoms with Crippen molar-refractivity contribution in [3.63, 3.8) is 0 Å². The van der Waals surface area contributed by atoms with Crippen molar-refractivity contribution >= 4 is 27.6 Å². The fourth-order valence-electron chi connectivity index (χ4n) is 4.41. The molecule has 2 aromatic heterocycles. The lowest BCUT2D eigenvalue weighted by Gasteiger charge is -2.36. The van der Waals surface area contributed by atoms with Crippen LogP contribution in [0.25, 0.3) is 11.3 Å². The van der Waals surface area contributed by atoms with Crippen molar-refractivity contribution in [1.29, 1.82) is 0 Å². The van der Waals surface area contributed by atoms with Crippen LogP contribution in [0.1, 0.15) is 37.6 Å². The molecule has 1 amide bonds. The van der Waals surface area contributed by atoms with Gasteiger partial charge in [0.25, 0.3) is 15.9 Å². The molecule has 0 bridgehead atoms. The topological polar surface area (TPSA) is 128 Å². The lowest BCUT2D eigenvalue weighted by Crippen LogP contribution is -2.43. The average molecular weight is 532 g/mol. The molecule has 4 rings (SSSR count). The van der Waals surface area contributed by atoms with Gasteiger partial charge in [-0.1, -0.05) is 6.92 Å². The van der Waals surface area contributed by atoms with Gasteiger partial charge in [-0.25, -0.2) is 31.9 Å². The van der Waals surface area contributed by atoms with Crippen molar-refractivity contribution in [2.45, 2.75) is 37.6 Å². The highest BCUT2D eigenvalue weighted by Gasteiger charge is 2.41. The summed E-state index contributed by atoms with van der Waals surface area (Å²) in [6.45, 7) is 6.55. The largest absolute Gasteiger partial charge is 0.493 e. The van der Waals surface area contributed by atoms with Crippen LogP contribution in [0.3, 0.4) is 0 Å². The number of benzene rings is 1. The van der Waals surface area contributed by atoms with Crippen molar-refractivity contribution in [3.05, 3.63) is 59.8 Å². The molecule has 3 aromatic rings. The second-order valence-corrected chi connectivity index (χ2v) is 11.0. The number of halogens is 2. The van der Waals surface area contributed by atoms with Gasteiger partial charge in [0.05, 0.1) is 18.4 Å². The number of amides is 1. The van der Waals surface area contributed by atoms with E-state index in [0.717, 1.165) is 12.5 Å². The maximum Gasteiger partial charge on any atom is 0.268 e. The summed E-state index contributed by atoms with van der Waals surface area (Å²) in [7, 11) is -3.10. The molecule has 3 N–H and O–H groups in total. The number of sulfonamides is 1. The molecule has 0 aliphatic carbocycles. The third-order valence-corrected chi connectivity index (χ3v) is 8.25. The number of nitrogens with one attached hydrogen (secondary N) is 1. The number of hydrogen-bond donors (Lipinski definition) is 2. The summed E-state index contributed by atoms with van der Waals surface area (Å²) in [5.74, 6) is -2.75. The fraction of sp³-hybridized carbons (Fsp3) is 0.320. The smallest absolute Gasteiger partial charge is 0.268 e. The monoisotopic (exact) mass is 531 g/mol. The van der Waals surface area contributed by atoms with Crippen molar-refractivity contribution in [3.8, 4) is 17.0 Å². The van der Waals surface area contributed by atoms with Gasteiger partial charge >= 0.3 is 0 Å². The zero-order valence-corrected chi connectivity index (χ0v) is 21.6. The van der Waals surface area contributed by atoms with E-state index in [1.807, 2.05) is 23.5 Å². The molecule has 1 aliphatic heterocycles. The Kier molecular flexibility index (Phi) is 6.80. The number of methoxy groups -OCH3 is 1. The third-order valence-electron chi connectivity index (χ3n) is 6.87. The van der Waals surface area contributed by atoms with Crippen molar-refractivity contribution in [1.82, 2.24) is 14.7 Å². The van der Waals surface area contributed by atoms with E-state index in [0.29, 0.717) is 12.6 Å². The molecule has 0 saturated carbocycles. The maximum atomic E-state index is 14.4. The minimum atomic E-state index is -4.35. The van der Waals surface area contributed by atoms with Crippen molar-refractivity contribution < 1.29 is 26.7 Å². The summed E-state index contributed by atoms with van der Waals surface area (Å²) in [6, 6.07) is 7.16. The van der Waals surface area contributed by atoms with E-state index in [-0.39, 0.29) is 45.0 Å². The second-order valence-electron chi connectivity index (χ2n) is 9.35. The van der Waals surface area contributed by atoms with Crippen molar-refractivity contribution in [2.75, 3.05) is 24.3 Å². The number of nitrogen functional groups attached to an aromatic ring is 1. The number of ether oxygens (including phenoxy) is 1. The van der Waals surface area contributed by atoms with Gasteiger partial charge in [0.15, 0.2) is 11.6 Å². The van der Waals surface area contributed by atoms with Gasteiger partial charge in [-0.15, -0.1) is 0 Å². The molecule has 1 aromatic carbocycles. The normalized spacial score (nSPS) is 17.0. The molecule has 1 fully saturated rings. The SMILES string of the molecule is COc1c(F)cc(F)cc1-c1ccc(C(=O)NS(=O)(=O)c2cccnc2N)c(N2CCC(C)C2(C)C)n1. The zero-order valence-electron chi connectivity index (χ0n) is 20.7. The van der Waals surface area contributed by atoms with Crippen LogP contribution in [0.15, 0.2) is 47.5 Å². The lowest BCUT2D eigenvalue weighted by molar-refractivity contribution is 0.0981. The number of pyridine rings is 2. The summed E-state index contributed by atoms with van der Waals surface area (Å²) >= 11 is 0. The van der Waals surface area contributed by atoms with E-state index in [9.17, 15) is 22.0 Å². The van der Waals surface area contributed by atoms with Gasteiger partial charge in [-0.3, -0.25) is 4.79 Å². The second kappa shape index (κ2) is 9.58. The van der Waals surface area contributed by atoms with Crippen LogP contribution < -0.4 is 20.1 Å². The Morgan fingerprint density at radius 2 is 1.97 bits per heavy atom. The van der Waals surface area contributed by atoms with E-state index in [1.165, 1.54) is 37.6 Å². The Morgan fingerprint density at radius 1 is 1.24 bits per heavy atom. The van der Waals surface area contributed by atoms with Crippen LogP contribution in [0, 0.1) is 17.6 Å². The number of hydrogen-bond acceptors (Lipinski definition) is 8. The van der Waals surface area contributed by atoms with Gasteiger partial charge in [-0.05, 0) is 56.5 Å². The van der Waals surface area contributed by atoms with E-state index in [2.05, 4.69) is 16.9 Å². The lowest BCUT2D eigenvalue weighted by atomic mass is 9.90. The average Bonchev–Trinajstić information content (AvgIpc) is 3.10. The fourth-order valence-corrected chi connectivity index (χ4v) is 5.46. The van der Waals surface area contributed by atoms with E-state index >= 15 is 0 Å². The zero-order chi connectivity index (χ0) is 27.1. The summed E-state index contributed by atoms with van der Waals surface area (Å²) < 4.78 is 61.5. The molecule has 37 heavy (non-hydrogen) atoms. The number of anilines is 2. The van der Waals surface area contributed by atoms with Crippen LogP contribution >= 0.6 is 0 Å². The van der Waals surface area contributed by atoms with E-state index in [4.69, 9.17) is 10.5 Å². The number of carbonyl (C=O) groups excluding carboxylic acids is 1. The highest BCUT2D eigenvalue weighted by atomic mass is 32.2. The first-order chi connectivity index (χ1) is 17.4. The third kappa shape index (κ3) is 4.80. The summed E-state index contributed by atoms with van der Waals surface area (Å²) in [4.78, 5) is 23.3. The first kappa shape index (κ1) is 26.3. The van der Waals surface area contributed by atoms with Gasteiger partial charge in [-0.2, -0.15) is 0 Å². The van der Waals surface area contributed by atoms with E-state index < -0.39 is 33.1 Å². The first-order valence-electron chi connectivity index (χ1n) is 11.5. The Hall–Kier alpha value is -3.80. The maximum absolute atomic E-state index is 14.4. The molecule has 12 heteroatoms. The van der Waals surface area contributed by atoms with Gasteiger partial charge in [0, 0.05) is 29.9 Å². The van der Waals surface area contributed by atoms with Crippen LogP contribution in [0.4, 0.5) is 20.4 Å². The van der Waals surface area contributed by atoms with Gasteiger partial charge in [0.2, 0.25) is 0 Å². The number of carbonyl (C=O) groups is 1. The molecule has 0 radical (unpaired) electrons. The van der Waals surface area contributed by atoms with E-state index in [1.54, 1.807) is 0 Å². The minimum absolute atomic E-state index is 0.0344. The predicted molar refractivity (Wildman–Crippen MR) is 135 cm³/mol. The molecule has 3 heterocycles. The molecule has 1 aliphatic rings. The van der Waals surface area contributed by atoms with Crippen LogP contribution in [0.2, 0.25) is 0 Å². The number of nitrogens with zero attached hydrogens (tertiary/aromatic N) is 3. The van der Waals surface area contributed by atoms with Gasteiger partial charge in [0.1, 0.15) is 22.3 Å².